The molecule has 1 aromatic heterocycles. The standard InChI is InChI=1S/C13H17N3/c1-3-9-16(2)13-11(5-4-8-14-13)10-15-12-6-7-12/h1,4-5,8,12,15H,6-7,9-10H2,2H3. The van der Waals surface area contributed by atoms with Gasteiger partial charge in [0.25, 0.3) is 0 Å². The Morgan fingerprint density at radius 1 is 1.62 bits per heavy atom. The first-order valence-electron chi connectivity index (χ1n) is 5.63. The summed E-state index contributed by atoms with van der Waals surface area (Å²) in [5.41, 5.74) is 1.21. The molecular weight excluding hydrogens is 198 g/mol. The monoisotopic (exact) mass is 215 g/mol. The van der Waals surface area contributed by atoms with Crippen LogP contribution in [0.2, 0.25) is 0 Å². The summed E-state index contributed by atoms with van der Waals surface area (Å²) >= 11 is 0. The Balaban J connectivity index is 2.06. The molecule has 1 fully saturated rings. The molecule has 0 radical (unpaired) electrons. The minimum absolute atomic E-state index is 0.591. The van der Waals surface area contributed by atoms with Crippen molar-refractivity contribution in [2.45, 2.75) is 25.4 Å². The van der Waals surface area contributed by atoms with E-state index in [0.29, 0.717) is 12.6 Å². The summed E-state index contributed by atoms with van der Waals surface area (Å²) in [6.45, 7) is 1.47. The van der Waals surface area contributed by atoms with Gasteiger partial charge in [0.2, 0.25) is 0 Å². The van der Waals surface area contributed by atoms with Gasteiger partial charge in [-0.1, -0.05) is 12.0 Å². The second-order valence-electron chi connectivity index (χ2n) is 4.20. The predicted molar refractivity (Wildman–Crippen MR) is 66.2 cm³/mol. The third kappa shape index (κ3) is 2.74. The van der Waals surface area contributed by atoms with E-state index >= 15 is 0 Å². The van der Waals surface area contributed by atoms with Crippen LogP contribution in [0.4, 0.5) is 5.82 Å². The number of anilines is 1. The van der Waals surface area contributed by atoms with Crippen LogP contribution in [0.3, 0.4) is 0 Å². The van der Waals surface area contributed by atoms with Crippen molar-refractivity contribution < 1.29 is 0 Å². The molecule has 0 aliphatic heterocycles. The number of nitrogens with zero attached hydrogens (tertiary/aromatic N) is 2. The van der Waals surface area contributed by atoms with E-state index in [9.17, 15) is 0 Å². The number of rotatable bonds is 5. The summed E-state index contributed by atoms with van der Waals surface area (Å²) in [7, 11) is 1.98. The maximum Gasteiger partial charge on any atom is 0.133 e. The minimum atomic E-state index is 0.591. The first-order chi connectivity index (χ1) is 7.81. The summed E-state index contributed by atoms with van der Waals surface area (Å²) in [4.78, 5) is 6.39. The molecule has 0 bridgehead atoms. The third-order valence-corrected chi connectivity index (χ3v) is 2.72. The van der Waals surface area contributed by atoms with Crippen LogP contribution in [0.1, 0.15) is 18.4 Å². The summed E-state index contributed by atoms with van der Waals surface area (Å²) in [5, 5.41) is 3.49. The van der Waals surface area contributed by atoms with E-state index < -0.39 is 0 Å². The average molecular weight is 215 g/mol. The first kappa shape index (κ1) is 11.0. The molecule has 1 heterocycles. The number of nitrogens with one attached hydrogen (secondary N) is 1. The number of hydrogen-bond donors (Lipinski definition) is 1. The lowest BCUT2D eigenvalue weighted by Crippen LogP contribution is -2.23. The number of aromatic nitrogens is 1. The van der Waals surface area contributed by atoms with Crippen LogP contribution in [-0.2, 0) is 6.54 Å². The number of terminal acetylenes is 1. The van der Waals surface area contributed by atoms with Crippen molar-refractivity contribution in [2.24, 2.45) is 0 Å². The van der Waals surface area contributed by atoms with Crippen molar-refractivity contribution >= 4 is 5.82 Å². The van der Waals surface area contributed by atoms with Crippen LogP contribution >= 0.6 is 0 Å². The van der Waals surface area contributed by atoms with Crippen molar-refractivity contribution in [1.29, 1.82) is 0 Å². The second kappa shape index (κ2) is 5.00. The summed E-state index contributed by atoms with van der Waals surface area (Å²) in [6, 6.07) is 4.79. The molecule has 0 unspecified atom stereocenters. The minimum Gasteiger partial charge on any atom is -0.348 e. The van der Waals surface area contributed by atoms with Gasteiger partial charge in [-0.05, 0) is 18.9 Å². The van der Waals surface area contributed by atoms with E-state index in [0.717, 1.165) is 12.4 Å². The van der Waals surface area contributed by atoms with Crippen molar-refractivity contribution in [3.05, 3.63) is 23.9 Å². The Morgan fingerprint density at radius 2 is 2.44 bits per heavy atom. The van der Waals surface area contributed by atoms with Gasteiger partial charge in [-0.3, -0.25) is 0 Å². The van der Waals surface area contributed by atoms with E-state index in [4.69, 9.17) is 6.42 Å². The van der Waals surface area contributed by atoms with Crippen molar-refractivity contribution in [2.75, 3.05) is 18.5 Å². The fourth-order valence-electron chi connectivity index (χ4n) is 1.67. The average Bonchev–Trinajstić information content (AvgIpc) is 3.11. The molecule has 3 nitrogen and oxygen atoms in total. The first-order valence-corrected chi connectivity index (χ1v) is 5.63. The molecule has 1 N–H and O–H groups in total. The van der Waals surface area contributed by atoms with E-state index in [2.05, 4.69) is 22.3 Å². The number of hydrogen-bond acceptors (Lipinski definition) is 3. The maximum absolute atomic E-state index is 5.31. The highest BCUT2D eigenvalue weighted by Gasteiger charge is 2.20. The summed E-state index contributed by atoms with van der Waals surface area (Å²) in [5.74, 6) is 3.62. The molecule has 1 aliphatic rings. The highest BCUT2D eigenvalue weighted by atomic mass is 15.2. The van der Waals surface area contributed by atoms with Gasteiger partial charge in [0, 0.05) is 31.4 Å². The molecule has 0 saturated heterocycles. The quantitative estimate of drug-likeness (QED) is 0.753. The molecule has 16 heavy (non-hydrogen) atoms. The number of pyridine rings is 1. The van der Waals surface area contributed by atoms with Crippen LogP contribution in [0.5, 0.6) is 0 Å². The van der Waals surface area contributed by atoms with Crippen LogP contribution in [0.15, 0.2) is 18.3 Å². The van der Waals surface area contributed by atoms with Crippen molar-refractivity contribution in [1.82, 2.24) is 10.3 Å². The van der Waals surface area contributed by atoms with Crippen LogP contribution in [0.25, 0.3) is 0 Å². The van der Waals surface area contributed by atoms with Gasteiger partial charge < -0.3 is 10.2 Å². The van der Waals surface area contributed by atoms with Gasteiger partial charge in [0.05, 0.1) is 6.54 Å². The Morgan fingerprint density at radius 3 is 3.12 bits per heavy atom. The van der Waals surface area contributed by atoms with Gasteiger partial charge in [0.1, 0.15) is 5.82 Å². The van der Waals surface area contributed by atoms with E-state index in [1.54, 1.807) is 0 Å². The highest BCUT2D eigenvalue weighted by molar-refractivity contribution is 5.46. The Bertz CT molecular complexity index is 390. The zero-order valence-electron chi connectivity index (χ0n) is 9.61. The molecular formula is C13H17N3. The fraction of sp³-hybridized carbons (Fsp3) is 0.462. The molecule has 0 atom stereocenters. The maximum atomic E-state index is 5.31. The van der Waals surface area contributed by atoms with Crippen LogP contribution < -0.4 is 10.2 Å². The van der Waals surface area contributed by atoms with Crippen molar-refractivity contribution in [3.63, 3.8) is 0 Å². The summed E-state index contributed by atoms with van der Waals surface area (Å²) < 4.78 is 0. The molecule has 1 aromatic rings. The Kier molecular flexibility index (Phi) is 3.43. The smallest absolute Gasteiger partial charge is 0.133 e. The van der Waals surface area contributed by atoms with Gasteiger partial charge in [-0.15, -0.1) is 6.42 Å². The molecule has 3 heteroatoms. The van der Waals surface area contributed by atoms with Crippen LogP contribution in [0, 0.1) is 12.3 Å². The van der Waals surface area contributed by atoms with Gasteiger partial charge >= 0.3 is 0 Å². The zero-order chi connectivity index (χ0) is 11.4. The topological polar surface area (TPSA) is 28.2 Å². The normalized spacial score (nSPS) is 14.5. The Labute approximate surface area is 96.9 Å². The largest absolute Gasteiger partial charge is 0.348 e. The fourth-order valence-corrected chi connectivity index (χ4v) is 1.67. The highest BCUT2D eigenvalue weighted by Crippen LogP contribution is 2.21. The molecule has 0 aromatic carbocycles. The molecule has 1 aliphatic carbocycles. The van der Waals surface area contributed by atoms with Gasteiger partial charge in [-0.2, -0.15) is 0 Å². The van der Waals surface area contributed by atoms with E-state index in [1.165, 1.54) is 18.4 Å². The molecule has 2 rings (SSSR count). The third-order valence-electron chi connectivity index (χ3n) is 2.72. The molecule has 0 amide bonds. The van der Waals surface area contributed by atoms with Gasteiger partial charge in [0.15, 0.2) is 0 Å². The zero-order valence-corrected chi connectivity index (χ0v) is 9.61. The van der Waals surface area contributed by atoms with Crippen molar-refractivity contribution in [3.8, 4) is 12.3 Å². The molecule has 0 spiro atoms. The lowest BCUT2D eigenvalue weighted by Gasteiger charge is -2.18. The Hall–Kier alpha value is -1.53. The second-order valence-corrected chi connectivity index (χ2v) is 4.20. The summed E-state index contributed by atoms with van der Waals surface area (Å²) in [6.07, 6.45) is 9.73. The molecule has 1 saturated carbocycles. The lowest BCUT2D eigenvalue weighted by atomic mass is 10.2. The lowest BCUT2D eigenvalue weighted by molar-refractivity contribution is 0.684. The van der Waals surface area contributed by atoms with E-state index in [-0.39, 0.29) is 0 Å². The van der Waals surface area contributed by atoms with Crippen LogP contribution in [-0.4, -0.2) is 24.6 Å². The van der Waals surface area contributed by atoms with E-state index in [1.807, 2.05) is 24.2 Å². The predicted octanol–water partition coefficient (Wildman–Crippen LogP) is 1.40. The molecule has 84 valence electrons. The van der Waals surface area contributed by atoms with Gasteiger partial charge in [-0.25, -0.2) is 4.98 Å². The SMILES string of the molecule is C#CCN(C)c1ncccc1CNC1CC1.